The number of fused-ring (bicyclic) bond motifs is 4. The molecule has 15 atom stereocenters. The number of primary amides is 1. The molecule has 7 aliphatic heterocycles. The third kappa shape index (κ3) is 25.2. The van der Waals surface area contributed by atoms with Gasteiger partial charge in [-0.25, -0.2) is 34.1 Å². The van der Waals surface area contributed by atoms with Crippen LogP contribution in [-0.2, 0) is 71.2 Å². The molecule has 6 fully saturated rings. The smallest absolute Gasteiger partial charge is 0.351 e. The minimum absolute atomic E-state index is 0.0537. The molecule has 0 spiro atoms. The molecule has 1 aliphatic carbocycles. The Labute approximate surface area is 783 Å². The predicted octanol–water partition coefficient (Wildman–Crippen LogP) is 0.116. The second-order valence-corrected chi connectivity index (χ2v) is 37.7. The van der Waals surface area contributed by atoms with Gasteiger partial charge in [-0.2, -0.15) is 4.98 Å². The number of ether oxygens (including phenoxy) is 3. The van der Waals surface area contributed by atoms with Gasteiger partial charge in [-0.1, -0.05) is 66.7 Å². The van der Waals surface area contributed by atoms with E-state index in [1.807, 2.05) is 0 Å². The molecule has 738 valence electrons. The first kappa shape index (κ1) is 108. The fourth-order valence-electron chi connectivity index (χ4n) is 16.0. The number of rotatable bonds is 18. The molecular weight excluding hydrogens is 1820 g/mol. The zero-order valence-corrected chi connectivity index (χ0v) is 80.6. The van der Waals surface area contributed by atoms with Crippen molar-refractivity contribution in [2.75, 3.05) is 125 Å². The fourth-order valence-corrected chi connectivity index (χ4v) is 18.6. The number of benzene rings is 2. The molecule has 2 aromatic heterocycles. The van der Waals surface area contributed by atoms with Gasteiger partial charge in [0.1, 0.15) is 95.9 Å². The molecule has 15 N–H and O–H groups in total. The van der Waals surface area contributed by atoms with Crippen LogP contribution in [0.2, 0.25) is 0 Å². The number of carbonyl (C=O) groups is 13. The number of aryl methyl sites for hydroxylation is 1. The number of imidazole rings is 1. The minimum atomic E-state index is -2.84. The molecule has 11 rings (SSSR count). The molecule has 0 bridgehead atoms. The number of esters is 2. The van der Waals surface area contributed by atoms with Gasteiger partial charge in [0.25, 0.3) is 17.7 Å². The summed E-state index contributed by atoms with van der Waals surface area (Å²) in [5.74, 6) is -11.9. The van der Waals surface area contributed by atoms with E-state index in [9.17, 15) is 77.1 Å². The zero-order valence-electron chi connectivity index (χ0n) is 78.2. The van der Waals surface area contributed by atoms with Crippen LogP contribution in [0.5, 0.6) is 0 Å². The Bertz CT molecular complexity index is 5290. The van der Waals surface area contributed by atoms with Crippen LogP contribution in [0.4, 0.5) is 17.3 Å². The number of anilines is 2. The van der Waals surface area contributed by atoms with E-state index < -0.39 is 241 Å². The molecular formula is C84H124Cl2N23O24P. The number of H-pyrrole nitrogens is 1. The number of nitrogens with one attached hydrogen (secondary N) is 6. The van der Waals surface area contributed by atoms with E-state index in [4.69, 9.17) is 73.6 Å². The third-order valence-corrected chi connectivity index (χ3v) is 25.9. The SMILES string of the molecule is CN(C)N=Nc1nc[nH]c1C(N)=O.Cc1c2oc3c(C)ccc(C(=O)NC4C(=O)NC(C(C)C)C(=O)N5CCCC5C(=O)N(C)CC(=O)N(C)C(C(C)C)C(=O)OC4C)c3nc-2c(C(=O)NC2C(=O)NC(C(C)C)C(=O)N3CCCC3C(=O)N(C)CC(=O)N(C)C(C(C)C)C(=O)OC2C)c(N)c1=O.Nc1ccn([C@@H]2O[C@H](CO)[C@@H](O)[C@@H]2O)c(=O)n1.O=P1(N(CCCl)CCCl)NCCCO1. The van der Waals surface area contributed by atoms with E-state index in [1.54, 1.807) is 81.1 Å². The standard InChI is InChI=1S/C62H86N12O16.C9H13N3O5.C7H15Cl2N2O2P.C6H10N6O/c1-27(2)42-59(84)73-23-17-19-36(73)57(82)69(13)25-38(75)71(15)48(29(5)6)61(86)88-33(11)44(55(80)65-42)67-53(78)35-22-21-31(9)51-46(35)64-47-40(41(63)50(77)32(10)52(47)90-51)54(79)68-45-34(12)89-62(87)49(30(7)8)72(16)39(76)26-70(14)58(83)37-20-18-24-74(37)60(85)43(28(3)4)66-56(45)81;10-5-1-2-12(9(16)11-5)8-7(15)6(14)4(3-13)17-8;8-2-5-11(6-3-9)14(12)10-4-1-7-13-14;1-12(2)11-10-6-4(5(7)13)8-3-9-6/h21-22,27-30,33-34,36-37,42-45,48-49H,17-20,23-26,63H2,1-16H3,(H,65,80)(H,66,81)(H,67,78)(H,68,79);1-2,4,6-8,13-15H,3H2,(H2,10,11,16);1-7H2,(H,10,12);3H,1-2H3,(H2,7,13)(H,8,9)/t;4-,6-,7+,8-;;/m.1../s1. The number of alkyl halides is 2. The zero-order chi connectivity index (χ0) is 99.8. The number of aliphatic hydroxyl groups excluding tert-OH is 3. The lowest BCUT2D eigenvalue weighted by molar-refractivity contribution is -0.163. The number of carbonyl (C=O) groups excluding carboxylic acids is 13. The van der Waals surface area contributed by atoms with E-state index in [0.29, 0.717) is 49.9 Å². The van der Waals surface area contributed by atoms with Crippen molar-refractivity contribution >= 4 is 136 Å². The predicted molar refractivity (Wildman–Crippen MR) is 486 cm³/mol. The van der Waals surface area contributed by atoms with Crippen LogP contribution in [0.25, 0.3) is 22.6 Å². The first-order valence-electron chi connectivity index (χ1n) is 43.7. The number of nitrogens with two attached hydrogens (primary N) is 3. The molecule has 0 saturated carbocycles. The number of cyclic esters (lactones) is 2. The summed E-state index contributed by atoms with van der Waals surface area (Å²) >= 11 is 11.2. The average molecular weight is 1940 g/mol. The van der Waals surface area contributed by atoms with Crippen molar-refractivity contribution in [2.24, 2.45) is 39.7 Å². The highest BCUT2D eigenvalue weighted by Crippen LogP contribution is 2.48. The summed E-state index contributed by atoms with van der Waals surface area (Å²) in [7, 11) is 6.16. The lowest BCUT2D eigenvalue weighted by atomic mass is 9.98. The van der Waals surface area contributed by atoms with Gasteiger partial charge in [0.15, 0.2) is 23.3 Å². The Balaban J connectivity index is 0.000000401. The van der Waals surface area contributed by atoms with E-state index in [2.05, 4.69) is 51.6 Å². The molecule has 6 saturated heterocycles. The third-order valence-electron chi connectivity index (χ3n) is 23.3. The highest BCUT2D eigenvalue weighted by atomic mass is 35.5. The maximum absolute atomic E-state index is 15.2. The number of hydrogen-bond donors (Lipinski definition) is 12. The summed E-state index contributed by atoms with van der Waals surface area (Å²) in [6.07, 6.45) is -2.69. The normalized spacial score (nSPS) is 25.8. The van der Waals surface area contributed by atoms with E-state index >= 15 is 9.59 Å². The van der Waals surface area contributed by atoms with Crippen LogP contribution in [0.3, 0.4) is 0 Å². The van der Waals surface area contributed by atoms with E-state index in [-0.39, 0.29) is 71.2 Å². The Morgan fingerprint density at radius 1 is 0.694 bits per heavy atom. The number of aliphatic hydroxyl groups is 3. The Kier molecular flexibility index (Phi) is 38.0. The van der Waals surface area contributed by atoms with Crippen LogP contribution in [0.1, 0.15) is 150 Å². The molecule has 1 aromatic carbocycles. The van der Waals surface area contributed by atoms with Crippen molar-refractivity contribution in [3.63, 3.8) is 0 Å². The molecule has 50 heteroatoms. The average Bonchev–Trinajstić information content (AvgIpc) is 1.10. The quantitative estimate of drug-likeness (QED) is 0.0105. The molecule has 9 heterocycles. The summed E-state index contributed by atoms with van der Waals surface area (Å²) in [4.78, 5) is 231. The van der Waals surface area contributed by atoms with Gasteiger partial charge < -0.3 is 111 Å². The van der Waals surface area contributed by atoms with Crippen molar-refractivity contribution < 1.29 is 105 Å². The summed E-state index contributed by atoms with van der Waals surface area (Å²) < 4.78 is 43.7. The molecule has 11 amide bonds. The van der Waals surface area contributed by atoms with Crippen molar-refractivity contribution in [3.05, 3.63) is 79.4 Å². The number of nitrogens with zero attached hydrogens (tertiary/aromatic N) is 14. The molecule has 0 radical (unpaired) electrons. The maximum atomic E-state index is 15.2. The van der Waals surface area contributed by atoms with Crippen molar-refractivity contribution in [2.45, 2.75) is 200 Å². The molecule has 8 aliphatic rings. The van der Waals surface area contributed by atoms with Crippen LogP contribution in [-0.4, -0.2) is 348 Å². The Morgan fingerprint density at radius 2 is 1.20 bits per heavy atom. The number of nitrogen functional groups attached to an aromatic ring is 2. The first-order chi connectivity index (χ1) is 63.0. The number of likely N-dealkylation sites (N-methyl/N-ethyl adjacent to an activating group) is 4. The van der Waals surface area contributed by atoms with Crippen molar-refractivity contribution in [3.8, 4) is 11.5 Å². The van der Waals surface area contributed by atoms with Gasteiger partial charge in [-0.3, -0.25) is 71.7 Å². The van der Waals surface area contributed by atoms with Gasteiger partial charge in [0, 0.05) is 98.5 Å². The van der Waals surface area contributed by atoms with Crippen LogP contribution in [0, 0.1) is 37.5 Å². The Hall–Kier alpha value is -11.4. The number of aromatic amines is 1. The second kappa shape index (κ2) is 47.2. The Morgan fingerprint density at radius 3 is 1.64 bits per heavy atom. The maximum Gasteiger partial charge on any atom is 0.351 e. The highest BCUT2D eigenvalue weighted by Gasteiger charge is 2.49. The summed E-state index contributed by atoms with van der Waals surface area (Å²) in [6, 6.07) is -6.53. The van der Waals surface area contributed by atoms with Crippen molar-refractivity contribution in [1.82, 2.24) is 89.9 Å². The van der Waals surface area contributed by atoms with Gasteiger partial charge in [0.05, 0.1) is 49.4 Å². The lowest BCUT2D eigenvalue weighted by Crippen LogP contribution is -2.61. The minimum Gasteiger partial charge on any atom is -0.458 e. The lowest BCUT2D eigenvalue weighted by Gasteiger charge is -2.36. The van der Waals surface area contributed by atoms with E-state index in [1.165, 1.54) is 104 Å². The van der Waals surface area contributed by atoms with Crippen LogP contribution in [0.15, 0.2) is 55.1 Å². The topological polar surface area (TPSA) is 632 Å². The van der Waals surface area contributed by atoms with Gasteiger partial charge in [-0.15, -0.1) is 28.3 Å². The molecule has 47 nitrogen and oxygen atoms in total. The molecule has 3 aromatic rings. The van der Waals surface area contributed by atoms with Gasteiger partial charge in [0.2, 0.25) is 58.5 Å². The van der Waals surface area contributed by atoms with Crippen LogP contribution >= 0.6 is 30.9 Å². The van der Waals surface area contributed by atoms with Gasteiger partial charge >= 0.3 is 25.3 Å². The molecule has 11 unspecified atom stereocenters. The van der Waals surface area contributed by atoms with Gasteiger partial charge in [-0.05, 0) is 101 Å². The van der Waals surface area contributed by atoms with Crippen LogP contribution < -0.4 is 54.7 Å². The number of aromatic nitrogens is 5. The van der Waals surface area contributed by atoms with E-state index in [0.717, 1.165) is 27.3 Å². The largest absolute Gasteiger partial charge is 0.458 e. The second-order valence-electron chi connectivity index (χ2n) is 34.8. The number of hydrogen-bond acceptors (Lipinski definition) is 31. The summed E-state index contributed by atoms with van der Waals surface area (Å²) in [5, 5.41) is 50.6. The van der Waals surface area contributed by atoms with Crippen molar-refractivity contribution in [1.29, 1.82) is 0 Å². The summed E-state index contributed by atoms with van der Waals surface area (Å²) in [5.41, 5.74) is 13.4. The number of amides is 11. The highest BCUT2D eigenvalue weighted by molar-refractivity contribution is 7.54. The number of halogens is 2. The summed E-state index contributed by atoms with van der Waals surface area (Å²) in [6.45, 7) is 20.2. The first-order valence-corrected chi connectivity index (χ1v) is 46.3. The fraction of sp³-hybridized carbons (Fsp3) is 0.619. The monoisotopic (exact) mass is 1940 g/mol. The molecule has 134 heavy (non-hydrogen) atoms.